The van der Waals surface area contributed by atoms with E-state index in [1.54, 1.807) is 6.08 Å². The highest BCUT2D eigenvalue weighted by Gasteiger charge is 2.29. The Balaban J connectivity index is 1.59. The van der Waals surface area contributed by atoms with E-state index in [4.69, 9.17) is 9.97 Å². The number of rotatable bonds is 5. The number of likely N-dealkylation sites (tertiary alicyclic amines) is 1. The number of piperidine rings is 1. The summed E-state index contributed by atoms with van der Waals surface area (Å²) in [6.07, 6.45) is 6.34. The molecule has 1 aliphatic heterocycles. The summed E-state index contributed by atoms with van der Waals surface area (Å²) in [6.45, 7) is 10.4. The van der Waals surface area contributed by atoms with E-state index in [1.807, 2.05) is 69.5 Å². The van der Waals surface area contributed by atoms with Crippen LogP contribution in [0.4, 0.5) is 11.8 Å². The van der Waals surface area contributed by atoms with Crippen LogP contribution in [0.3, 0.4) is 0 Å². The summed E-state index contributed by atoms with van der Waals surface area (Å²) in [4.78, 5) is 33.5. The summed E-state index contributed by atoms with van der Waals surface area (Å²) in [6, 6.07) is 3.62. The maximum atomic E-state index is 13.2. The largest absolute Gasteiger partial charge is 0.329 e. The number of aryl methyl sites for hydroxylation is 5. The van der Waals surface area contributed by atoms with Gasteiger partial charge in [0.05, 0.1) is 11.7 Å². The molecule has 0 saturated carbocycles. The van der Waals surface area contributed by atoms with Crippen LogP contribution in [-0.4, -0.2) is 47.1 Å². The van der Waals surface area contributed by atoms with Crippen LogP contribution in [-0.2, 0) is 11.8 Å². The van der Waals surface area contributed by atoms with Crippen molar-refractivity contribution < 1.29 is 4.79 Å². The fourth-order valence-electron chi connectivity index (χ4n) is 4.45. The van der Waals surface area contributed by atoms with E-state index in [2.05, 4.69) is 20.4 Å². The van der Waals surface area contributed by atoms with Gasteiger partial charge in [-0.2, -0.15) is 5.10 Å². The second kappa shape index (κ2) is 9.70. The number of carbonyl (C=O) groups is 1. The Bertz CT molecular complexity index is 1230. The molecule has 1 N–H and O–H groups in total. The van der Waals surface area contributed by atoms with Gasteiger partial charge in [0.2, 0.25) is 11.9 Å². The molecule has 4 heterocycles. The maximum Gasteiger partial charge on any atom is 0.247 e. The summed E-state index contributed by atoms with van der Waals surface area (Å²) >= 11 is 0. The van der Waals surface area contributed by atoms with Crippen LogP contribution in [0.25, 0.3) is 6.08 Å². The SMILES string of the molecule is Cc1cc(C)nc(Nc2cc(C)nc(C3CCCCN3C(=O)/C=C/c3c(C)nn(C)c3C)n2)n1. The van der Waals surface area contributed by atoms with E-state index in [-0.39, 0.29) is 11.9 Å². The van der Waals surface area contributed by atoms with Crippen molar-refractivity contribution in [1.29, 1.82) is 0 Å². The third-order valence-electron chi connectivity index (χ3n) is 6.14. The van der Waals surface area contributed by atoms with Gasteiger partial charge in [0.15, 0.2) is 5.82 Å². The van der Waals surface area contributed by atoms with Crippen molar-refractivity contribution in [1.82, 2.24) is 34.6 Å². The number of nitrogens with one attached hydrogen (secondary N) is 1. The van der Waals surface area contributed by atoms with Crippen LogP contribution in [0, 0.1) is 34.6 Å². The molecule has 0 bridgehead atoms. The van der Waals surface area contributed by atoms with Crippen molar-refractivity contribution in [3.05, 3.63) is 58.1 Å². The van der Waals surface area contributed by atoms with Gasteiger partial charge in [-0.3, -0.25) is 9.48 Å². The molecule has 9 nitrogen and oxygen atoms in total. The summed E-state index contributed by atoms with van der Waals surface area (Å²) < 4.78 is 1.83. The Labute approximate surface area is 200 Å². The second-order valence-electron chi connectivity index (χ2n) is 8.94. The van der Waals surface area contributed by atoms with Crippen LogP contribution < -0.4 is 5.32 Å². The smallest absolute Gasteiger partial charge is 0.247 e. The topological polar surface area (TPSA) is 102 Å². The molecular formula is C25H32N8O. The molecule has 3 aromatic rings. The van der Waals surface area contributed by atoms with Crippen molar-refractivity contribution in [2.75, 3.05) is 11.9 Å². The number of anilines is 2. The van der Waals surface area contributed by atoms with Gasteiger partial charge in [-0.05, 0) is 66.0 Å². The molecule has 1 amide bonds. The Morgan fingerprint density at radius 3 is 2.38 bits per heavy atom. The molecule has 1 unspecified atom stereocenters. The number of nitrogens with zero attached hydrogens (tertiary/aromatic N) is 7. The van der Waals surface area contributed by atoms with Gasteiger partial charge >= 0.3 is 0 Å². The minimum absolute atomic E-state index is 0.0374. The molecule has 0 radical (unpaired) electrons. The molecule has 4 rings (SSSR count). The highest BCUT2D eigenvalue weighted by atomic mass is 16.2. The average molecular weight is 461 g/mol. The van der Waals surface area contributed by atoms with Crippen molar-refractivity contribution >= 4 is 23.7 Å². The summed E-state index contributed by atoms with van der Waals surface area (Å²) in [5, 5.41) is 7.64. The Morgan fingerprint density at radius 1 is 1.00 bits per heavy atom. The van der Waals surface area contributed by atoms with Gasteiger partial charge < -0.3 is 10.2 Å². The zero-order chi connectivity index (χ0) is 24.4. The highest BCUT2D eigenvalue weighted by molar-refractivity contribution is 5.92. The lowest BCUT2D eigenvalue weighted by molar-refractivity contribution is -0.129. The normalized spacial score (nSPS) is 16.3. The van der Waals surface area contributed by atoms with Gasteiger partial charge in [0.1, 0.15) is 5.82 Å². The van der Waals surface area contributed by atoms with E-state index in [0.717, 1.165) is 53.3 Å². The third kappa shape index (κ3) is 5.13. The predicted octanol–water partition coefficient (Wildman–Crippen LogP) is 4.05. The first kappa shape index (κ1) is 23.5. The molecule has 0 aliphatic carbocycles. The number of hydrogen-bond acceptors (Lipinski definition) is 7. The summed E-state index contributed by atoms with van der Waals surface area (Å²) in [5.41, 5.74) is 5.52. The van der Waals surface area contributed by atoms with Gasteiger partial charge in [-0.25, -0.2) is 19.9 Å². The van der Waals surface area contributed by atoms with Crippen LogP contribution in [0.1, 0.15) is 65.2 Å². The molecule has 0 aromatic carbocycles. The lowest BCUT2D eigenvalue weighted by atomic mass is 10.0. The number of aromatic nitrogens is 6. The Morgan fingerprint density at radius 2 is 1.71 bits per heavy atom. The fraction of sp³-hybridized carbons (Fsp3) is 0.440. The van der Waals surface area contributed by atoms with Gasteiger partial charge in [0, 0.05) is 54.1 Å². The summed E-state index contributed by atoms with van der Waals surface area (Å²) in [5.74, 6) is 1.73. The monoisotopic (exact) mass is 460 g/mol. The molecular weight excluding hydrogens is 428 g/mol. The molecule has 178 valence electrons. The van der Waals surface area contributed by atoms with Gasteiger partial charge in [-0.15, -0.1) is 0 Å². The molecule has 1 saturated heterocycles. The third-order valence-corrected chi connectivity index (χ3v) is 6.14. The molecule has 9 heteroatoms. The Kier molecular flexibility index (Phi) is 6.72. The molecule has 3 aromatic heterocycles. The number of amides is 1. The first-order valence-electron chi connectivity index (χ1n) is 11.6. The van der Waals surface area contributed by atoms with Crippen LogP contribution >= 0.6 is 0 Å². The lowest BCUT2D eigenvalue weighted by Crippen LogP contribution is -2.38. The number of carbonyl (C=O) groups excluding carboxylic acids is 1. The predicted molar refractivity (Wildman–Crippen MR) is 132 cm³/mol. The Hall–Kier alpha value is -3.62. The van der Waals surface area contributed by atoms with Crippen LogP contribution in [0.15, 0.2) is 18.2 Å². The maximum absolute atomic E-state index is 13.2. The summed E-state index contributed by atoms with van der Waals surface area (Å²) in [7, 11) is 1.91. The lowest BCUT2D eigenvalue weighted by Gasteiger charge is -2.34. The van der Waals surface area contributed by atoms with Crippen molar-refractivity contribution in [3.8, 4) is 0 Å². The quantitative estimate of drug-likeness (QED) is 0.573. The van der Waals surface area contributed by atoms with E-state index in [9.17, 15) is 4.79 Å². The molecule has 1 aliphatic rings. The van der Waals surface area contributed by atoms with E-state index in [0.29, 0.717) is 24.1 Å². The van der Waals surface area contributed by atoms with Crippen LogP contribution in [0.5, 0.6) is 0 Å². The number of hydrogen-bond donors (Lipinski definition) is 1. The van der Waals surface area contributed by atoms with Gasteiger partial charge in [0.25, 0.3) is 0 Å². The minimum Gasteiger partial charge on any atom is -0.329 e. The van der Waals surface area contributed by atoms with Gasteiger partial charge in [-0.1, -0.05) is 0 Å². The fourth-order valence-corrected chi connectivity index (χ4v) is 4.45. The molecule has 1 atom stereocenters. The first-order valence-corrected chi connectivity index (χ1v) is 11.6. The zero-order valence-corrected chi connectivity index (χ0v) is 20.8. The molecule has 1 fully saturated rings. The molecule has 0 spiro atoms. The zero-order valence-electron chi connectivity index (χ0n) is 20.8. The average Bonchev–Trinajstić information content (AvgIpc) is 3.01. The molecule has 34 heavy (non-hydrogen) atoms. The van der Waals surface area contributed by atoms with Crippen molar-refractivity contribution in [2.24, 2.45) is 7.05 Å². The van der Waals surface area contributed by atoms with Crippen LogP contribution in [0.2, 0.25) is 0 Å². The van der Waals surface area contributed by atoms with E-state index >= 15 is 0 Å². The van der Waals surface area contributed by atoms with Crippen molar-refractivity contribution in [2.45, 2.75) is 59.9 Å². The second-order valence-corrected chi connectivity index (χ2v) is 8.94. The standard InChI is InChI=1S/C25H32N8O/c1-15-13-16(2)28-25(27-15)30-22-14-17(3)26-24(29-22)21-9-7-8-12-33(21)23(34)11-10-20-18(4)31-32(6)19(20)5/h10-11,13-14,21H,7-9,12H2,1-6H3,(H,26,27,28,29,30)/b11-10+. The first-order chi connectivity index (χ1) is 16.2. The van der Waals surface area contributed by atoms with E-state index in [1.165, 1.54) is 0 Å². The van der Waals surface area contributed by atoms with Crippen molar-refractivity contribution in [3.63, 3.8) is 0 Å². The highest BCUT2D eigenvalue weighted by Crippen LogP contribution is 2.30. The minimum atomic E-state index is -0.178. The van der Waals surface area contributed by atoms with E-state index < -0.39 is 0 Å².